The van der Waals surface area contributed by atoms with Crippen LogP contribution in [0.4, 0.5) is 11.4 Å². The number of hydrogen-bond acceptors (Lipinski definition) is 5. The molecule has 3 atom stereocenters. The molecule has 35 heavy (non-hydrogen) atoms. The van der Waals surface area contributed by atoms with Crippen LogP contribution in [-0.2, 0) is 19.9 Å². The number of amides is 3. The summed E-state index contributed by atoms with van der Waals surface area (Å²) in [5.74, 6) is -0.621. The quantitative estimate of drug-likeness (QED) is 0.597. The van der Waals surface area contributed by atoms with Crippen LogP contribution in [0.5, 0.6) is 5.75 Å². The SMILES string of the molecule is COc1ccc(N2C(=O)C[C@]3(CN(C)[C@@]4(C(=O)Nc5ccccc54)[C@H]3c3ccccc3)C2=O)cc1. The van der Waals surface area contributed by atoms with E-state index in [9.17, 15) is 14.4 Å². The number of benzene rings is 3. The highest BCUT2D eigenvalue weighted by molar-refractivity contribution is 6.24. The van der Waals surface area contributed by atoms with Crippen LogP contribution >= 0.6 is 0 Å². The van der Waals surface area contributed by atoms with Crippen LogP contribution in [0.3, 0.4) is 0 Å². The molecule has 0 saturated carbocycles. The molecule has 3 amide bonds. The summed E-state index contributed by atoms with van der Waals surface area (Å²) in [5.41, 5.74) is 0.740. The molecule has 2 spiro atoms. The van der Waals surface area contributed by atoms with E-state index < -0.39 is 16.9 Å². The van der Waals surface area contributed by atoms with Crippen LogP contribution in [0.1, 0.15) is 23.5 Å². The predicted octanol–water partition coefficient (Wildman–Crippen LogP) is 3.52. The van der Waals surface area contributed by atoms with Crippen molar-refractivity contribution >= 4 is 29.1 Å². The van der Waals surface area contributed by atoms with Gasteiger partial charge in [0.2, 0.25) is 17.7 Å². The Morgan fingerprint density at radius 1 is 0.914 bits per heavy atom. The van der Waals surface area contributed by atoms with E-state index >= 15 is 0 Å². The normalized spacial score (nSPS) is 27.7. The number of hydrogen-bond donors (Lipinski definition) is 1. The molecule has 176 valence electrons. The smallest absolute Gasteiger partial charge is 0.250 e. The number of nitrogens with zero attached hydrogens (tertiary/aromatic N) is 2. The second-order valence-electron chi connectivity index (χ2n) is 9.53. The first-order valence-corrected chi connectivity index (χ1v) is 11.6. The minimum Gasteiger partial charge on any atom is -0.497 e. The fraction of sp³-hybridized carbons (Fsp3) is 0.250. The van der Waals surface area contributed by atoms with Crippen molar-refractivity contribution in [2.45, 2.75) is 17.9 Å². The van der Waals surface area contributed by atoms with Crippen molar-refractivity contribution in [1.82, 2.24) is 4.90 Å². The molecular weight excluding hydrogens is 442 g/mol. The van der Waals surface area contributed by atoms with Crippen LogP contribution in [0, 0.1) is 5.41 Å². The molecule has 2 saturated heterocycles. The first-order chi connectivity index (χ1) is 16.9. The molecular formula is C28H25N3O4. The molecule has 0 radical (unpaired) electrons. The number of methoxy groups -OCH3 is 1. The van der Waals surface area contributed by atoms with Crippen molar-refractivity contribution in [3.8, 4) is 5.75 Å². The van der Waals surface area contributed by atoms with Crippen LogP contribution in [0.2, 0.25) is 0 Å². The van der Waals surface area contributed by atoms with Crippen LogP contribution < -0.4 is 15.0 Å². The molecule has 6 rings (SSSR count). The zero-order valence-corrected chi connectivity index (χ0v) is 19.5. The van der Waals surface area contributed by atoms with Gasteiger partial charge in [-0.25, -0.2) is 4.90 Å². The molecule has 1 N–H and O–H groups in total. The van der Waals surface area contributed by atoms with Crippen molar-refractivity contribution in [2.75, 3.05) is 30.9 Å². The van der Waals surface area contributed by atoms with Crippen molar-refractivity contribution in [1.29, 1.82) is 0 Å². The number of carbonyl (C=O) groups excluding carboxylic acids is 3. The Bertz CT molecular complexity index is 1360. The van der Waals surface area contributed by atoms with Crippen molar-refractivity contribution in [3.05, 3.63) is 90.0 Å². The van der Waals surface area contributed by atoms with Gasteiger partial charge in [0.05, 0.1) is 18.2 Å². The lowest BCUT2D eigenvalue weighted by Crippen LogP contribution is -2.49. The molecule has 7 nitrogen and oxygen atoms in total. The Labute approximate surface area is 203 Å². The average Bonchev–Trinajstić information content (AvgIpc) is 3.41. The maximum atomic E-state index is 14.3. The summed E-state index contributed by atoms with van der Waals surface area (Å²) < 4.78 is 5.24. The van der Waals surface area contributed by atoms with E-state index in [4.69, 9.17) is 4.74 Å². The molecule has 3 heterocycles. The van der Waals surface area contributed by atoms with Gasteiger partial charge in [0.25, 0.3) is 0 Å². The molecule has 3 aromatic rings. The third-order valence-electron chi connectivity index (χ3n) is 7.83. The number of imide groups is 1. The number of ether oxygens (including phenoxy) is 1. The lowest BCUT2D eigenvalue weighted by molar-refractivity contribution is -0.127. The minimum atomic E-state index is -1.11. The number of nitrogens with one attached hydrogen (secondary N) is 1. The fourth-order valence-corrected chi connectivity index (χ4v) is 6.50. The average molecular weight is 468 g/mol. The van der Waals surface area contributed by atoms with E-state index in [0.717, 1.165) is 16.8 Å². The first-order valence-electron chi connectivity index (χ1n) is 11.6. The third-order valence-corrected chi connectivity index (χ3v) is 7.83. The maximum absolute atomic E-state index is 14.3. The monoisotopic (exact) mass is 467 g/mol. The lowest BCUT2D eigenvalue weighted by atomic mass is 9.64. The van der Waals surface area contributed by atoms with E-state index in [-0.39, 0.29) is 30.7 Å². The summed E-state index contributed by atoms with van der Waals surface area (Å²) in [7, 11) is 3.44. The number of likely N-dealkylation sites (N-methyl/N-ethyl adjacent to an activating group) is 1. The molecule has 7 heteroatoms. The van der Waals surface area contributed by atoms with Crippen molar-refractivity contribution in [2.24, 2.45) is 5.41 Å². The van der Waals surface area contributed by atoms with Crippen LogP contribution in [0.25, 0.3) is 0 Å². The Hall–Kier alpha value is -3.97. The lowest BCUT2D eigenvalue weighted by Gasteiger charge is -2.38. The Morgan fingerprint density at radius 3 is 2.31 bits per heavy atom. The molecule has 0 aromatic heterocycles. The van der Waals surface area contributed by atoms with Crippen LogP contribution in [-0.4, -0.2) is 43.3 Å². The predicted molar refractivity (Wildman–Crippen MR) is 131 cm³/mol. The Morgan fingerprint density at radius 2 is 1.60 bits per heavy atom. The van der Waals surface area contributed by atoms with Gasteiger partial charge < -0.3 is 10.1 Å². The summed E-state index contributed by atoms with van der Waals surface area (Å²) in [6.07, 6.45) is 0.0267. The molecule has 3 aromatic carbocycles. The second kappa shape index (κ2) is 7.52. The molecule has 3 aliphatic rings. The fourth-order valence-electron chi connectivity index (χ4n) is 6.50. The van der Waals surface area contributed by atoms with Crippen molar-refractivity contribution < 1.29 is 19.1 Å². The molecule has 0 aliphatic carbocycles. The van der Waals surface area contributed by atoms with Crippen molar-refractivity contribution in [3.63, 3.8) is 0 Å². The molecule has 3 aliphatic heterocycles. The molecule has 2 fully saturated rings. The van der Waals surface area contributed by atoms with Gasteiger partial charge in [0, 0.05) is 30.1 Å². The number of anilines is 2. The molecule has 0 bridgehead atoms. The first kappa shape index (κ1) is 21.6. The zero-order valence-electron chi connectivity index (χ0n) is 19.5. The van der Waals surface area contributed by atoms with Gasteiger partial charge >= 0.3 is 0 Å². The van der Waals surface area contributed by atoms with Gasteiger partial charge in [0.1, 0.15) is 11.3 Å². The summed E-state index contributed by atoms with van der Waals surface area (Å²) in [4.78, 5) is 44.8. The highest BCUT2D eigenvalue weighted by Gasteiger charge is 2.72. The third kappa shape index (κ3) is 2.73. The summed E-state index contributed by atoms with van der Waals surface area (Å²) in [6, 6.07) is 24.2. The number of fused-ring (bicyclic) bond motifs is 2. The number of likely N-dealkylation sites (tertiary alicyclic amines) is 1. The van der Waals surface area contributed by atoms with E-state index in [0.29, 0.717) is 11.4 Å². The van der Waals surface area contributed by atoms with Gasteiger partial charge in [-0.15, -0.1) is 0 Å². The zero-order chi connectivity index (χ0) is 24.4. The van der Waals surface area contributed by atoms with E-state index in [2.05, 4.69) is 5.32 Å². The van der Waals surface area contributed by atoms with E-state index in [1.54, 1.807) is 31.4 Å². The summed E-state index contributed by atoms with van der Waals surface area (Å²) in [5, 5.41) is 3.04. The minimum absolute atomic E-state index is 0.0267. The topological polar surface area (TPSA) is 79.0 Å². The highest BCUT2D eigenvalue weighted by Crippen LogP contribution is 2.64. The highest BCUT2D eigenvalue weighted by atomic mass is 16.5. The second-order valence-corrected chi connectivity index (χ2v) is 9.53. The number of rotatable bonds is 3. The van der Waals surface area contributed by atoms with Gasteiger partial charge in [-0.1, -0.05) is 48.5 Å². The van der Waals surface area contributed by atoms with Gasteiger partial charge in [-0.3, -0.25) is 19.3 Å². The molecule has 0 unspecified atom stereocenters. The largest absolute Gasteiger partial charge is 0.497 e. The van der Waals surface area contributed by atoms with Crippen LogP contribution in [0.15, 0.2) is 78.9 Å². The van der Waals surface area contributed by atoms with Gasteiger partial charge in [-0.05, 0) is 42.9 Å². The number of para-hydroxylation sites is 1. The standard InChI is InChI=1S/C28H25N3O4/c1-30-17-27(16-23(32)31(26(27)34)19-12-14-20(35-2)15-13-19)24(18-8-4-3-5-9-18)28(30)21-10-6-7-11-22(21)29-25(28)33/h3-15,24H,16-17H2,1-2H3,(H,29,33)/t24-,27+,28+/m0/s1. The van der Waals surface area contributed by atoms with Gasteiger partial charge in [-0.2, -0.15) is 0 Å². The van der Waals surface area contributed by atoms with E-state index in [1.807, 2.05) is 66.5 Å². The van der Waals surface area contributed by atoms with E-state index in [1.165, 1.54) is 4.90 Å². The van der Waals surface area contributed by atoms with Gasteiger partial charge in [0.15, 0.2) is 0 Å². The maximum Gasteiger partial charge on any atom is 0.250 e. The summed E-state index contributed by atoms with van der Waals surface area (Å²) in [6.45, 7) is 0.283. The Kier molecular flexibility index (Phi) is 4.63. The number of carbonyl (C=O) groups is 3. The Balaban J connectivity index is 1.55. The summed E-state index contributed by atoms with van der Waals surface area (Å²) >= 11 is 0.